The molecule has 1 aliphatic carbocycles. The molecular formula is C21H21NO5. The highest BCUT2D eigenvalue weighted by atomic mass is 16.6. The van der Waals surface area contributed by atoms with Gasteiger partial charge < -0.3 is 4.74 Å². The molecule has 0 aromatic heterocycles. The number of nitro benzene ring substituents is 1. The Balaban J connectivity index is 1.92. The molecule has 0 spiro atoms. The second-order valence-corrected chi connectivity index (χ2v) is 6.89. The Hall–Kier alpha value is -3.02. The third-order valence-electron chi connectivity index (χ3n) is 5.50. The predicted molar refractivity (Wildman–Crippen MR) is 101 cm³/mol. The van der Waals surface area contributed by atoms with Gasteiger partial charge in [0.2, 0.25) is 0 Å². The number of hydrogen-bond donors (Lipinski definition) is 0. The minimum absolute atomic E-state index is 0.00750. The summed E-state index contributed by atoms with van der Waals surface area (Å²) >= 11 is 0. The van der Waals surface area contributed by atoms with E-state index in [-0.39, 0.29) is 23.9 Å². The number of methoxy groups -OCH3 is 1. The van der Waals surface area contributed by atoms with Crippen molar-refractivity contribution in [3.05, 3.63) is 63.7 Å². The third kappa shape index (κ3) is 3.47. The lowest BCUT2D eigenvalue weighted by atomic mass is 9.67. The first-order chi connectivity index (χ1) is 12.9. The Morgan fingerprint density at radius 1 is 1.19 bits per heavy atom. The number of non-ortho nitro benzene ring substituents is 1. The number of nitrogens with zero attached hydrogens (tertiary/aromatic N) is 1. The summed E-state index contributed by atoms with van der Waals surface area (Å²) in [5, 5.41) is 10.8. The van der Waals surface area contributed by atoms with E-state index in [1.807, 2.05) is 19.1 Å². The van der Waals surface area contributed by atoms with Gasteiger partial charge in [-0.1, -0.05) is 25.1 Å². The molecule has 2 aromatic carbocycles. The fourth-order valence-corrected chi connectivity index (χ4v) is 3.73. The van der Waals surface area contributed by atoms with Crippen molar-refractivity contribution >= 4 is 17.4 Å². The van der Waals surface area contributed by atoms with E-state index in [0.29, 0.717) is 24.8 Å². The second-order valence-electron chi connectivity index (χ2n) is 6.89. The fraction of sp³-hybridized carbons (Fsp3) is 0.333. The summed E-state index contributed by atoms with van der Waals surface area (Å²) in [5.74, 6) is -0.372. The highest BCUT2D eigenvalue weighted by Crippen LogP contribution is 2.42. The van der Waals surface area contributed by atoms with Gasteiger partial charge in [0.1, 0.15) is 0 Å². The molecular weight excluding hydrogens is 346 g/mol. The molecule has 2 aromatic rings. The first-order valence-electron chi connectivity index (χ1n) is 8.89. The second kappa shape index (κ2) is 7.31. The summed E-state index contributed by atoms with van der Waals surface area (Å²) in [5.41, 5.74) is 2.71. The molecule has 0 saturated carbocycles. The zero-order valence-electron chi connectivity index (χ0n) is 15.4. The van der Waals surface area contributed by atoms with E-state index < -0.39 is 10.3 Å². The molecule has 1 atom stereocenters. The van der Waals surface area contributed by atoms with E-state index in [1.165, 1.54) is 19.2 Å². The summed E-state index contributed by atoms with van der Waals surface area (Å²) in [6.45, 7) is 1.93. The number of rotatable bonds is 5. The minimum Gasteiger partial charge on any atom is -0.469 e. The van der Waals surface area contributed by atoms with Gasteiger partial charge >= 0.3 is 5.97 Å². The van der Waals surface area contributed by atoms with Gasteiger partial charge in [0.25, 0.3) is 5.69 Å². The monoisotopic (exact) mass is 367 g/mol. The molecule has 0 aliphatic heterocycles. The molecule has 0 unspecified atom stereocenters. The van der Waals surface area contributed by atoms with Crippen molar-refractivity contribution < 1.29 is 19.2 Å². The number of ether oxygens (including phenoxy) is 1. The summed E-state index contributed by atoms with van der Waals surface area (Å²) in [4.78, 5) is 35.3. The molecule has 0 saturated heterocycles. The first kappa shape index (κ1) is 18.8. The smallest absolute Gasteiger partial charge is 0.306 e. The van der Waals surface area contributed by atoms with Gasteiger partial charge in [-0.3, -0.25) is 19.7 Å². The van der Waals surface area contributed by atoms with Crippen molar-refractivity contribution in [2.45, 2.75) is 32.6 Å². The van der Waals surface area contributed by atoms with Crippen LogP contribution in [0.5, 0.6) is 0 Å². The molecule has 0 N–H and O–H groups in total. The largest absolute Gasteiger partial charge is 0.469 e. The van der Waals surface area contributed by atoms with E-state index in [2.05, 4.69) is 0 Å². The number of carbonyl (C=O) groups is 2. The fourth-order valence-electron chi connectivity index (χ4n) is 3.73. The van der Waals surface area contributed by atoms with E-state index >= 15 is 0 Å². The van der Waals surface area contributed by atoms with Crippen molar-refractivity contribution in [1.29, 1.82) is 0 Å². The van der Waals surface area contributed by atoms with Crippen molar-refractivity contribution in [2.75, 3.05) is 7.11 Å². The first-order valence-corrected chi connectivity index (χ1v) is 8.89. The van der Waals surface area contributed by atoms with Crippen molar-refractivity contribution in [1.82, 2.24) is 0 Å². The molecule has 6 nitrogen and oxygen atoms in total. The van der Waals surface area contributed by atoms with Crippen molar-refractivity contribution in [2.24, 2.45) is 5.41 Å². The summed E-state index contributed by atoms with van der Waals surface area (Å²) in [6, 6.07) is 12.0. The van der Waals surface area contributed by atoms with Gasteiger partial charge in [0.15, 0.2) is 5.78 Å². The molecule has 0 radical (unpaired) electrons. The van der Waals surface area contributed by atoms with Crippen LogP contribution in [0, 0.1) is 15.5 Å². The van der Waals surface area contributed by atoms with E-state index in [0.717, 1.165) is 16.7 Å². The Bertz CT molecular complexity index is 903. The lowest BCUT2D eigenvalue weighted by Crippen LogP contribution is -2.37. The Morgan fingerprint density at radius 3 is 2.44 bits per heavy atom. The highest BCUT2D eigenvalue weighted by molar-refractivity contribution is 6.04. The standard InChI is InChI=1S/C21H21NO5/c1-3-21(13-19(23)27-2)11-10-16-12-15(6-9-18(16)20(21)24)14-4-7-17(8-5-14)22(25)26/h4-9,12H,3,10-11,13H2,1-2H3/t21-/m0/s1. The number of aryl methyl sites for hydroxylation is 1. The average molecular weight is 367 g/mol. The maximum atomic E-state index is 13.1. The normalized spacial score (nSPS) is 18.7. The Morgan fingerprint density at radius 2 is 1.85 bits per heavy atom. The molecule has 0 amide bonds. The average Bonchev–Trinajstić information content (AvgIpc) is 2.70. The van der Waals surface area contributed by atoms with Gasteiger partial charge in [-0.15, -0.1) is 0 Å². The zero-order chi connectivity index (χ0) is 19.6. The highest BCUT2D eigenvalue weighted by Gasteiger charge is 2.43. The maximum absolute atomic E-state index is 13.1. The quantitative estimate of drug-likeness (QED) is 0.445. The molecule has 0 bridgehead atoms. The van der Waals surface area contributed by atoms with Crippen LogP contribution in [0.1, 0.15) is 42.1 Å². The number of hydrogen-bond acceptors (Lipinski definition) is 5. The number of nitro groups is 1. The topological polar surface area (TPSA) is 86.5 Å². The van der Waals surface area contributed by atoms with E-state index in [1.54, 1.807) is 18.2 Å². The summed E-state index contributed by atoms with van der Waals surface area (Å²) < 4.78 is 4.78. The molecule has 140 valence electrons. The number of benzene rings is 2. The molecule has 0 heterocycles. The molecule has 1 aliphatic rings. The van der Waals surface area contributed by atoms with E-state index in [9.17, 15) is 19.7 Å². The van der Waals surface area contributed by atoms with Gasteiger partial charge in [-0.25, -0.2) is 0 Å². The number of carbonyl (C=O) groups excluding carboxylic acids is 2. The van der Waals surface area contributed by atoms with Gasteiger partial charge in [0, 0.05) is 23.1 Å². The molecule has 0 fully saturated rings. The summed E-state index contributed by atoms with van der Waals surface area (Å²) in [7, 11) is 1.34. The van der Waals surface area contributed by atoms with Crippen molar-refractivity contribution in [3.8, 4) is 11.1 Å². The molecule has 27 heavy (non-hydrogen) atoms. The third-order valence-corrected chi connectivity index (χ3v) is 5.50. The van der Waals surface area contributed by atoms with Crippen LogP contribution in [0.4, 0.5) is 5.69 Å². The molecule has 6 heteroatoms. The van der Waals surface area contributed by atoms with Gasteiger partial charge in [-0.05, 0) is 48.1 Å². The van der Waals surface area contributed by atoms with Crippen LogP contribution in [0.2, 0.25) is 0 Å². The van der Waals surface area contributed by atoms with E-state index in [4.69, 9.17) is 4.74 Å². The lowest BCUT2D eigenvalue weighted by Gasteiger charge is -2.35. The number of ketones is 1. The van der Waals surface area contributed by atoms with Crippen LogP contribution >= 0.6 is 0 Å². The Kier molecular flexibility index (Phi) is 5.08. The number of esters is 1. The number of fused-ring (bicyclic) bond motifs is 1. The number of Topliss-reactive ketones (excluding diaryl/α,β-unsaturated/α-hetero) is 1. The predicted octanol–water partition coefficient (Wildman–Crippen LogP) is 4.35. The molecule has 3 rings (SSSR count). The van der Waals surface area contributed by atoms with Gasteiger partial charge in [-0.2, -0.15) is 0 Å². The van der Waals surface area contributed by atoms with Gasteiger partial charge in [0.05, 0.1) is 18.5 Å². The maximum Gasteiger partial charge on any atom is 0.306 e. The van der Waals surface area contributed by atoms with Crippen molar-refractivity contribution in [3.63, 3.8) is 0 Å². The van der Waals surface area contributed by atoms with Crippen LogP contribution in [-0.2, 0) is 16.0 Å². The van der Waals surface area contributed by atoms with Crippen LogP contribution in [0.3, 0.4) is 0 Å². The van der Waals surface area contributed by atoms with Crippen LogP contribution in [0.15, 0.2) is 42.5 Å². The Labute approximate surface area is 157 Å². The zero-order valence-corrected chi connectivity index (χ0v) is 15.4. The SMILES string of the molecule is CC[C@@]1(CC(=O)OC)CCc2cc(-c3ccc([N+](=O)[O-])cc3)ccc2C1=O. The summed E-state index contributed by atoms with van der Waals surface area (Å²) in [6.07, 6.45) is 1.99. The lowest BCUT2D eigenvalue weighted by molar-refractivity contribution is -0.384. The van der Waals surface area contributed by atoms with Crippen LogP contribution in [-0.4, -0.2) is 23.8 Å². The minimum atomic E-state index is -0.699. The van der Waals surface area contributed by atoms with Crippen LogP contribution < -0.4 is 0 Å². The van der Waals surface area contributed by atoms with Crippen LogP contribution in [0.25, 0.3) is 11.1 Å².